The maximum Gasteiger partial charge on any atom is 0.220 e. The van der Waals surface area contributed by atoms with E-state index < -0.39 is 49.5 Å². The van der Waals surface area contributed by atoms with Gasteiger partial charge in [0.15, 0.2) is 6.29 Å². The smallest absolute Gasteiger partial charge is 0.220 e. The largest absolute Gasteiger partial charge is 0.394 e. The molecule has 68 heavy (non-hydrogen) atoms. The summed E-state index contributed by atoms with van der Waals surface area (Å²) >= 11 is 0. The Kier molecular flexibility index (Phi) is 46.9. The molecule has 0 aromatic carbocycles. The number of hydrogen-bond acceptors (Lipinski definition) is 8. The Labute approximate surface area is 419 Å². The highest BCUT2D eigenvalue weighted by molar-refractivity contribution is 5.76. The van der Waals surface area contributed by atoms with Gasteiger partial charge in [0.1, 0.15) is 24.4 Å². The van der Waals surface area contributed by atoms with Crippen molar-refractivity contribution < 1.29 is 39.8 Å². The Morgan fingerprint density at radius 2 is 0.824 bits per heavy atom. The first-order chi connectivity index (χ1) is 33.3. The Morgan fingerprint density at radius 3 is 1.19 bits per heavy atom. The molecular weight excluding hydrogens is 851 g/mol. The van der Waals surface area contributed by atoms with E-state index in [2.05, 4.69) is 31.3 Å². The molecule has 7 unspecified atom stereocenters. The Bertz CT molecular complexity index is 1120. The summed E-state index contributed by atoms with van der Waals surface area (Å²) in [5.41, 5.74) is 0. The molecule has 1 aliphatic heterocycles. The molecule has 0 aromatic heterocycles. The van der Waals surface area contributed by atoms with E-state index in [0.29, 0.717) is 6.42 Å². The normalized spacial score (nSPS) is 19.7. The molecule has 9 heteroatoms. The lowest BCUT2D eigenvalue weighted by atomic mass is 9.99. The molecular formula is C59H113NO8. The molecule has 1 saturated heterocycles. The van der Waals surface area contributed by atoms with Crippen LogP contribution in [0.2, 0.25) is 0 Å². The molecule has 0 aromatic rings. The summed E-state index contributed by atoms with van der Waals surface area (Å²) in [6, 6.07) is -0.800. The zero-order valence-electron chi connectivity index (χ0n) is 44.6. The Hall–Kier alpha value is -1.33. The molecule has 1 rings (SSSR count). The van der Waals surface area contributed by atoms with Gasteiger partial charge < -0.3 is 40.3 Å². The zero-order valence-corrected chi connectivity index (χ0v) is 44.6. The minimum Gasteiger partial charge on any atom is -0.394 e. The fourth-order valence-corrected chi connectivity index (χ4v) is 9.57. The second-order valence-electron chi connectivity index (χ2n) is 20.8. The Morgan fingerprint density at radius 1 is 0.485 bits per heavy atom. The fourth-order valence-electron chi connectivity index (χ4n) is 9.57. The predicted molar refractivity (Wildman–Crippen MR) is 286 cm³/mol. The minimum atomic E-state index is -1.56. The topological polar surface area (TPSA) is 149 Å². The molecule has 1 amide bonds. The minimum absolute atomic E-state index is 0.173. The van der Waals surface area contributed by atoms with Crippen LogP contribution < -0.4 is 5.32 Å². The standard InChI is InChI=1S/C59H113NO8/c1-3-5-7-9-11-13-15-17-18-19-20-21-22-23-24-25-26-27-28-29-30-31-32-33-34-35-36-37-39-41-43-45-47-49-55(63)60-52(51-67-59-58(66)57(65)56(64)54(50-61)68-59)53(62)48-46-44-42-40-38-16-14-12-10-8-6-4-2/h19-20,46,48,52-54,56-59,61-62,64-66H,3-18,21-45,47,49-51H2,1-2H3,(H,60,63)/b20-19-,48-46+. The van der Waals surface area contributed by atoms with Gasteiger partial charge in [0.2, 0.25) is 5.91 Å². The monoisotopic (exact) mass is 964 g/mol. The molecule has 0 aliphatic carbocycles. The molecule has 0 radical (unpaired) electrons. The van der Waals surface area contributed by atoms with Gasteiger partial charge in [-0.25, -0.2) is 0 Å². The van der Waals surface area contributed by atoms with Gasteiger partial charge >= 0.3 is 0 Å². The molecule has 7 atom stereocenters. The van der Waals surface area contributed by atoms with Crippen molar-refractivity contribution in [2.24, 2.45) is 0 Å². The van der Waals surface area contributed by atoms with Crippen molar-refractivity contribution in [1.82, 2.24) is 5.32 Å². The quantitative estimate of drug-likeness (QED) is 0.0261. The second-order valence-corrected chi connectivity index (χ2v) is 20.8. The number of ether oxygens (including phenoxy) is 2. The summed E-state index contributed by atoms with van der Waals surface area (Å²) in [5, 5.41) is 54.4. The number of aliphatic hydroxyl groups is 5. The number of nitrogens with one attached hydrogen (secondary N) is 1. The van der Waals surface area contributed by atoms with Gasteiger partial charge in [0.25, 0.3) is 0 Å². The molecule has 402 valence electrons. The van der Waals surface area contributed by atoms with Gasteiger partial charge in [-0.15, -0.1) is 0 Å². The molecule has 1 fully saturated rings. The molecule has 1 aliphatic rings. The van der Waals surface area contributed by atoms with Crippen molar-refractivity contribution in [2.45, 2.75) is 333 Å². The number of carbonyl (C=O) groups excluding carboxylic acids is 1. The van der Waals surface area contributed by atoms with Gasteiger partial charge in [-0.2, -0.15) is 0 Å². The van der Waals surface area contributed by atoms with E-state index >= 15 is 0 Å². The maximum atomic E-state index is 13.0. The van der Waals surface area contributed by atoms with Gasteiger partial charge in [-0.05, 0) is 44.9 Å². The molecule has 1 heterocycles. The predicted octanol–water partition coefficient (Wildman–Crippen LogP) is 14.6. The zero-order chi connectivity index (χ0) is 49.4. The van der Waals surface area contributed by atoms with Crippen LogP contribution in [0.5, 0.6) is 0 Å². The van der Waals surface area contributed by atoms with Gasteiger partial charge in [0.05, 0.1) is 25.4 Å². The summed E-state index contributed by atoms with van der Waals surface area (Å²) in [5.74, 6) is -0.173. The first kappa shape index (κ1) is 64.7. The van der Waals surface area contributed by atoms with E-state index in [1.165, 1.54) is 231 Å². The summed E-state index contributed by atoms with van der Waals surface area (Å²) in [7, 11) is 0. The molecule has 6 N–H and O–H groups in total. The third-order valence-electron chi connectivity index (χ3n) is 14.3. The van der Waals surface area contributed by atoms with Gasteiger partial charge in [0, 0.05) is 6.42 Å². The van der Waals surface area contributed by atoms with Gasteiger partial charge in [-0.3, -0.25) is 4.79 Å². The van der Waals surface area contributed by atoms with E-state index in [4.69, 9.17) is 9.47 Å². The van der Waals surface area contributed by atoms with Crippen molar-refractivity contribution in [3.05, 3.63) is 24.3 Å². The number of aliphatic hydroxyl groups excluding tert-OH is 5. The van der Waals surface area contributed by atoms with Crippen molar-refractivity contribution in [3.63, 3.8) is 0 Å². The van der Waals surface area contributed by atoms with Crippen LogP contribution in [0.25, 0.3) is 0 Å². The summed E-state index contributed by atoms with van der Waals surface area (Å²) < 4.78 is 11.2. The number of unbranched alkanes of at least 4 members (excludes halogenated alkanes) is 39. The average Bonchev–Trinajstić information content (AvgIpc) is 3.34. The van der Waals surface area contributed by atoms with Crippen molar-refractivity contribution in [3.8, 4) is 0 Å². The van der Waals surface area contributed by atoms with Crippen LogP contribution in [0.15, 0.2) is 24.3 Å². The summed E-state index contributed by atoms with van der Waals surface area (Å²) in [6.45, 7) is 3.79. The summed E-state index contributed by atoms with van der Waals surface area (Å²) in [4.78, 5) is 13.0. The SMILES string of the molecule is CCCCCCCCCC/C=C\CCCCCCCCCCCCCCCCCCCCCCCC(=O)NC(COC1OC(CO)C(O)C(O)C1O)C(O)/C=C/CCCCCCCCCCCC. The Balaban J connectivity index is 2.08. The average molecular weight is 965 g/mol. The van der Waals surface area contributed by atoms with Gasteiger partial charge in [-0.1, -0.05) is 263 Å². The fraction of sp³-hybridized carbons (Fsp3) is 0.915. The van der Waals surface area contributed by atoms with Crippen LogP contribution in [-0.2, 0) is 14.3 Å². The number of rotatable bonds is 51. The van der Waals surface area contributed by atoms with E-state index in [1.54, 1.807) is 6.08 Å². The van der Waals surface area contributed by atoms with Crippen LogP contribution in [0.3, 0.4) is 0 Å². The van der Waals surface area contributed by atoms with E-state index in [0.717, 1.165) is 38.5 Å². The third-order valence-corrected chi connectivity index (χ3v) is 14.3. The molecule has 0 spiro atoms. The second kappa shape index (κ2) is 49.3. The van der Waals surface area contributed by atoms with E-state index in [-0.39, 0.29) is 12.5 Å². The first-order valence-corrected chi connectivity index (χ1v) is 29.6. The third kappa shape index (κ3) is 38.4. The van der Waals surface area contributed by atoms with Crippen molar-refractivity contribution >= 4 is 5.91 Å². The van der Waals surface area contributed by atoms with E-state index in [1.807, 2.05) is 6.08 Å². The number of carbonyl (C=O) groups is 1. The highest BCUT2D eigenvalue weighted by Crippen LogP contribution is 2.23. The molecule has 0 bridgehead atoms. The van der Waals surface area contributed by atoms with Crippen LogP contribution >= 0.6 is 0 Å². The molecule has 0 saturated carbocycles. The van der Waals surface area contributed by atoms with Crippen LogP contribution in [0.4, 0.5) is 0 Å². The van der Waals surface area contributed by atoms with Crippen LogP contribution in [-0.4, -0.2) is 87.5 Å². The lowest BCUT2D eigenvalue weighted by Gasteiger charge is -2.40. The highest BCUT2D eigenvalue weighted by Gasteiger charge is 2.44. The lowest BCUT2D eigenvalue weighted by Crippen LogP contribution is -2.60. The highest BCUT2D eigenvalue weighted by atomic mass is 16.7. The number of allylic oxidation sites excluding steroid dienone is 3. The maximum absolute atomic E-state index is 13.0. The number of amides is 1. The molecule has 9 nitrogen and oxygen atoms in total. The first-order valence-electron chi connectivity index (χ1n) is 29.6. The van der Waals surface area contributed by atoms with E-state index in [9.17, 15) is 30.3 Å². The summed E-state index contributed by atoms with van der Waals surface area (Å²) in [6.07, 6.45) is 55.6. The van der Waals surface area contributed by atoms with Crippen molar-refractivity contribution in [1.29, 1.82) is 0 Å². The lowest BCUT2D eigenvalue weighted by molar-refractivity contribution is -0.302. The van der Waals surface area contributed by atoms with Crippen molar-refractivity contribution in [2.75, 3.05) is 13.2 Å². The van der Waals surface area contributed by atoms with Crippen LogP contribution in [0.1, 0.15) is 290 Å². The number of hydrogen-bond donors (Lipinski definition) is 6. The van der Waals surface area contributed by atoms with Crippen LogP contribution in [0, 0.1) is 0 Å².